The minimum Gasteiger partial charge on any atom is -0.444 e. The summed E-state index contributed by atoms with van der Waals surface area (Å²) in [6.07, 6.45) is 6.59. The topological polar surface area (TPSA) is 159 Å². The van der Waals surface area contributed by atoms with Gasteiger partial charge in [-0.3, -0.25) is 19.1 Å². The first-order valence-electron chi connectivity index (χ1n) is 14.3. The van der Waals surface area contributed by atoms with Crippen LogP contribution in [0.4, 0.5) is 4.79 Å². The summed E-state index contributed by atoms with van der Waals surface area (Å²) in [4.78, 5) is 54.7. The summed E-state index contributed by atoms with van der Waals surface area (Å²) >= 11 is 0. The van der Waals surface area contributed by atoms with E-state index in [4.69, 9.17) is 4.74 Å². The number of ketones is 1. The number of aliphatic hydroxyl groups excluding tert-OH is 1. The van der Waals surface area contributed by atoms with Crippen molar-refractivity contribution in [3.8, 4) is 0 Å². The number of allylic oxidation sites excluding steroid dienone is 2. The lowest BCUT2D eigenvalue weighted by molar-refractivity contribution is -0.140. The van der Waals surface area contributed by atoms with Gasteiger partial charge in [0.15, 0.2) is 5.78 Å². The zero-order chi connectivity index (χ0) is 29.5. The number of nitrogens with zero attached hydrogens (tertiary/aromatic N) is 1. The number of fused-ring (bicyclic) bond motifs is 2. The Morgan fingerprint density at radius 1 is 1.15 bits per heavy atom. The molecule has 0 aromatic heterocycles. The number of aliphatic hydroxyl groups is 1. The van der Waals surface area contributed by atoms with Crippen molar-refractivity contribution in [3.05, 3.63) is 12.2 Å². The van der Waals surface area contributed by atoms with Crippen LogP contribution in [0.3, 0.4) is 0 Å². The van der Waals surface area contributed by atoms with Crippen LogP contribution in [0, 0.1) is 11.3 Å². The number of amides is 3. The lowest BCUT2D eigenvalue weighted by Gasteiger charge is -2.30. The quantitative estimate of drug-likeness (QED) is 0.427. The third kappa shape index (κ3) is 6.70. The molecule has 2 aliphatic heterocycles. The van der Waals surface area contributed by atoms with E-state index in [-0.39, 0.29) is 25.3 Å². The van der Waals surface area contributed by atoms with Gasteiger partial charge in [-0.15, -0.1) is 0 Å². The van der Waals surface area contributed by atoms with Gasteiger partial charge >= 0.3 is 6.09 Å². The SMILES string of the molecule is CC(C)(C)OC(=O)N[C@H]1CCCCC/C=C\[C@@H]2C[C@@]2(C(=O)NS(=O)(=O)C2(C)CC2)CC(=O)[C@@H]2C[C@@H](O)CN2C1=O. The lowest BCUT2D eigenvalue weighted by atomic mass is 9.91. The molecule has 4 aliphatic rings. The van der Waals surface area contributed by atoms with Crippen molar-refractivity contribution in [1.82, 2.24) is 14.9 Å². The van der Waals surface area contributed by atoms with E-state index < -0.39 is 67.7 Å². The average Bonchev–Trinajstić information content (AvgIpc) is 3.71. The van der Waals surface area contributed by atoms with Gasteiger partial charge < -0.3 is 20.1 Å². The van der Waals surface area contributed by atoms with Gasteiger partial charge in [0.05, 0.1) is 22.3 Å². The van der Waals surface area contributed by atoms with Crippen molar-refractivity contribution in [2.75, 3.05) is 6.54 Å². The fourth-order valence-electron chi connectivity index (χ4n) is 5.67. The van der Waals surface area contributed by atoms with E-state index in [2.05, 4.69) is 10.0 Å². The number of carbonyl (C=O) groups excluding carboxylic acids is 4. The summed E-state index contributed by atoms with van der Waals surface area (Å²) < 4.78 is 32.3. The number of hydrogen-bond donors (Lipinski definition) is 3. The molecule has 5 atom stereocenters. The number of carbonyl (C=O) groups is 4. The molecule has 224 valence electrons. The highest BCUT2D eigenvalue weighted by Crippen LogP contribution is 2.57. The number of sulfonamides is 1. The van der Waals surface area contributed by atoms with Crippen molar-refractivity contribution in [2.45, 2.75) is 120 Å². The second-order valence-corrected chi connectivity index (χ2v) is 15.4. The van der Waals surface area contributed by atoms with Crippen molar-refractivity contribution in [3.63, 3.8) is 0 Å². The molecule has 3 N–H and O–H groups in total. The van der Waals surface area contributed by atoms with Crippen LogP contribution in [0.5, 0.6) is 0 Å². The van der Waals surface area contributed by atoms with Crippen LogP contribution in [-0.4, -0.2) is 77.2 Å². The second kappa shape index (κ2) is 11.1. The molecule has 0 spiro atoms. The molecule has 1 saturated heterocycles. The van der Waals surface area contributed by atoms with Crippen LogP contribution in [0.25, 0.3) is 0 Å². The summed E-state index contributed by atoms with van der Waals surface area (Å²) in [7, 11) is -3.89. The van der Waals surface area contributed by atoms with Crippen LogP contribution in [0.1, 0.15) is 91.9 Å². The first-order chi connectivity index (χ1) is 18.6. The molecule has 0 aromatic carbocycles. The molecule has 2 heterocycles. The molecule has 40 heavy (non-hydrogen) atoms. The van der Waals surface area contributed by atoms with Crippen LogP contribution in [0.15, 0.2) is 12.2 Å². The van der Waals surface area contributed by atoms with E-state index in [1.54, 1.807) is 27.7 Å². The molecule has 3 fully saturated rings. The van der Waals surface area contributed by atoms with Crippen LogP contribution in [-0.2, 0) is 29.1 Å². The van der Waals surface area contributed by atoms with Gasteiger partial charge in [0.25, 0.3) is 0 Å². The highest BCUT2D eigenvalue weighted by molar-refractivity contribution is 7.91. The van der Waals surface area contributed by atoms with Crippen molar-refractivity contribution >= 4 is 33.7 Å². The van der Waals surface area contributed by atoms with Crippen molar-refractivity contribution in [2.24, 2.45) is 11.3 Å². The Hall–Kier alpha value is -2.47. The van der Waals surface area contributed by atoms with E-state index in [1.807, 2.05) is 12.2 Å². The first-order valence-corrected chi connectivity index (χ1v) is 15.8. The zero-order valence-corrected chi connectivity index (χ0v) is 24.7. The maximum absolute atomic E-state index is 13.7. The lowest BCUT2D eigenvalue weighted by Crippen LogP contribution is -2.53. The minimum absolute atomic E-state index is 0.0122. The summed E-state index contributed by atoms with van der Waals surface area (Å²) in [5, 5.41) is 13.1. The van der Waals surface area contributed by atoms with Gasteiger partial charge in [-0.25, -0.2) is 13.2 Å². The van der Waals surface area contributed by atoms with E-state index in [0.717, 1.165) is 19.3 Å². The van der Waals surface area contributed by atoms with E-state index in [0.29, 0.717) is 32.1 Å². The fourth-order valence-corrected chi connectivity index (χ4v) is 7.00. The third-order valence-corrected chi connectivity index (χ3v) is 10.7. The standard InChI is InChI=1S/C28H43N3O8S/c1-26(2,3)39-25(36)29-20-11-9-7-5-6-8-10-18-15-28(18,24(35)30-40(37,38)27(4)12-13-27)16-22(33)21-14-19(32)17-31(21)23(20)34/h8,10,18-21,32H,5-7,9,11-17H2,1-4H3,(H,29,36)(H,30,35)/b10-8-/t18-,19-,20+,21+,28-/m1/s1. The molecule has 2 saturated carbocycles. The average molecular weight is 582 g/mol. The summed E-state index contributed by atoms with van der Waals surface area (Å²) in [5.41, 5.74) is -1.98. The molecule has 0 aromatic rings. The highest BCUT2D eigenvalue weighted by Gasteiger charge is 2.62. The molecule has 12 heteroatoms. The number of nitrogens with one attached hydrogen (secondary N) is 2. The number of hydrogen-bond acceptors (Lipinski definition) is 8. The highest BCUT2D eigenvalue weighted by atomic mass is 32.2. The monoisotopic (exact) mass is 581 g/mol. The van der Waals surface area contributed by atoms with Crippen LogP contribution >= 0.6 is 0 Å². The zero-order valence-electron chi connectivity index (χ0n) is 23.9. The van der Waals surface area contributed by atoms with Crippen molar-refractivity contribution in [1.29, 1.82) is 0 Å². The Labute approximate surface area is 236 Å². The molecule has 0 unspecified atom stereocenters. The normalized spacial score (nSPS) is 33.5. The first kappa shape index (κ1) is 30.5. The van der Waals surface area contributed by atoms with E-state index >= 15 is 0 Å². The number of Topliss-reactive ketones (excluding diaryl/α,β-unsaturated/α-hetero) is 1. The number of alkyl carbamates (subject to hydrolysis) is 1. The summed E-state index contributed by atoms with van der Waals surface area (Å²) in [5.74, 6) is -1.87. The molecule has 11 nitrogen and oxygen atoms in total. The van der Waals surface area contributed by atoms with Crippen molar-refractivity contribution < 1.29 is 37.4 Å². The molecule has 0 bridgehead atoms. The number of ether oxygens (including phenoxy) is 1. The largest absolute Gasteiger partial charge is 0.444 e. The summed E-state index contributed by atoms with van der Waals surface area (Å²) in [6.45, 7) is 6.68. The van der Waals surface area contributed by atoms with E-state index in [1.165, 1.54) is 4.90 Å². The maximum Gasteiger partial charge on any atom is 0.408 e. The predicted octanol–water partition coefficient (Wildman–Crippen LogP) is 2.33. The Kier molecular flexibility index (Phi) is 8.44. The predicted molar refractivity (Wildman–Crippen MR) is 146 cm³/mol. The van der Waals surface area contributed by atoms with Gasteiger partial charge in [-0.05, 0) is 72.1 Å². The van der Waals surface area contributed by atoms with Crippen LogP contribution in [0.2, 0.25) is 0 Å². The molecule has 2 aliphatic carbocycles. The fraction of sp³-hybridized carbons (Fsp3) is 0.786. The van der Waals surface area contributed by atoms with Gasteiger partial charge in [0, 0.05) is 19.4 Å². The molecule has 0 radical (unpaired) electrons. The van der Waals surface area contributed by atoms with Gasteiger partial charge in [0.2, 0.25) is 21.8 Å². The smallest absolute Gasteiger partial charge is 0.408 e. The number of rotatable bonds is 4. The third-order valence-electron chi connectivity index (χ3n) is 8.56. The van der Waals surface area contributed by atoms with Gasteiger partial charge in [0.1, 0.15) is 11.6 Å². The Balaban J connectivity index is 1.57. The molecule has 3 amide bonds. The molecular weight excluding hydrogens is 538 g/mol. The summed E-state index contributed by atoms with van der Waals surface area (Å²) in [6, 6.07) is -1.92. The second-order valence-electron chi connectivity index (χ2n) is 13.2. The Morgan fingerprint density at radius 3 is 2.50 bits per heavy atom. The Bertz CT molecular complexity index is 1170. The molecular formula is C28H43N3O8S. The van der Waals surface area contributed by atoms with Gasteiger partial charge in [-0.1, -0.05) is 25.0 Å². The Morgan fingerprint density at radius 2 is 1.85 bits per heavy atom. The van der Waals surface area contributed by atoms with Crippen LogP contribution < -0.4 is 10.0 Å². The maximum atomic E-state index is 13.7. The molecule has 4 rings (SSSR count). The van der Waals surface area contributed by atoms with E-state index in [9.17, 15) is 32.7 Å². The van der Waals surface area contributed by atoms with Gasteiger partial charge in [-0.2, -0.15) is 0 Å². The minimum atomic E-state index is -3.89.